The number of likely N-dealkylation sites (tertiary alicyclic amines) is 1. The summed E-state index contributed by atoms with van der Waals surface area (Å²) >= 11 is 0. The standard InChI is InChI=1S/C23H22F2N2O4/c24-17-6-7-18(19(25)12-17)21-20(13-28)26-22(31-21)16-8-10-27(11-9-16)23(29)30-14-15-4-2-1-3-5-15/h1-7,12,16,28H,8-11,13-14H2. The van der Waals surface area contributed by atoms with Gasteiger partial charge < -0.3 is 19.2 Å². The first-order chi connectivity index (χ1) is 15.0. The fourth-order valence-electron chi connectivity index (χ4n) is 3.66. The van der Waals surface area contributed by atoms with Crippen molar-refractivity contribution in [3.63, 3.8) is 0 Å². The summed E-state index contributed by atoms with van der Waals surface area (Å²) in [5.74, 6) is -1.09. The van der Waals surface area contributed by atoms with Crippen molar-refractivity contribution >= 4 is 6.09 Å². The predicted molar refractivity (Wildman–Crippen MR) is 108 cm³/mol. The number of carbonyl (C=O) groups excluding carboxylic acids is 1. The third-order valence-electron chi connectivity index (χ3n) is 5.35. The molecule has 0 saturated carbocycles. The van der Waals surface area contributed by atoms with Gasteiger partial charge in [0, 0.05) is 25.1 Å². The van der Waals surface area contributed by atoms with Crippen LogP contribution in [-0.4, -0.2) is 34.2 Å². The Labute approximate surface area is 178 Å². The van der Waals surface area contributed by atoms with Crippen molar-refractivity contribution in [3.8, 4) is 11.3 Å². The Hall–Kier alpha value is -3.26. The lowest BCUT2D eigenvalue weighted by atomic mass is 9.97. The second-order valence-corrected chi connectivity index (χ2v) is 7.41. The largest absolute Gasteiger partial charge is 0.445 e. The lowest BCUT2D eigenvalue weighted by Gasteiger charge is -2.29. The first kappa shape index (κ1) is 21.0. The number of benzene rings is 2. The Morgan fingerprint density at radius 3 is 2.58 bits per heavy atom. The maximum Gasteiger partial charge on any atom is 0.410 e. The van der Waals surface area contributed by atoms with E-state index in [1.807, 2.05) is 30.3 Å². The highest BCUT2D eigenvalue weighted by Crippen LogP contribution is 2.34. The quantitative estimate of drug-likeness (QED) is 0.641. The molecule has 1 N–H and O–H groups in total. The number of hydrogen-bond donors (Lipinski definition) is 1. The van der Waals surface area contributed by atoms with E-state index < -0.39 is 18.2 Å². The lowest BCUT2D eigenvalue weighted by Crippen LogP contribution is -2.38. The second-order valence-electron chi connectivity index (χ2n) is 7.41. The molecule has 2 heterocycles. The van der Waals surface area contributed by atoms with E-state index in [2.05, 4.69) is 4.98 Å². The summed E-state index contributed by atoms with van der Waals surface area (Å²) in [7, 11) is 0. The van der Waals surface area contributed by atoms with Crippen LogP contribution in [-0.2, 0) is 18.0 Å². The van der Waals surface area contributed by atoms with Gasteiger partial charge in [0.05, 0.1) is 12.2 Å². The zero-order valence-electron chi connectivity index (χ0n) is 16.8. The second kappa shape index (κ2) is 9.26. The van der Waals surface area contributed by atoms with Crippen molar-refractivity contribution in [2.45, 2.75) is 32.0 Å². The van der Waals surface area contributed by atoms with Crippen LogP contribution < -0.4 is 0 Å². The zero-order valence-corrected chi connectivity index (χ0v) is 16.8. The molecule has 1 aliphatic heterocycles. The summed E-state index contributed by atoms with van der Waals surface area (Å²) < 4.78 is 38.5. The van der Waals surface area contributed by atoms with Crippen molar-refractivity contribution in [1.82, 2.24) is 9.88 Å². The van der Waals surface area contributed by atoms with Gasteiger partial charge in [-0.15, -0.1) is 0 Å². The topological polar surface area (TPSA) is 75.8 Å². The van der Waals surface area contributed by atoms with Gasteiger partial charge in [0.1, 0.15) is 23.9 Å². The number of aliphatic hydroxyl groups is 1. The Balaban J connectivity index is 1.39. The third-order valence-corrected chi connectivity index (χ3v) is 5.35. The molecule has 1 amide bonds. The normalized spacial score (nSPS) is 14.6. The van der Waals surface area contributed by atoms with Gasteiger partial charge >= 0.3 is 6.09 Å². The summed E-state index contributed by atoms with van der Waals surface area (Å²) in [6.45, 7) is 0.719. The molecule has 8 heteroatoms. The monoisotopic (exact) mass is 428 g/mol. The van der Waals surface area contributed by atoms with Crippen molar-refractivity contribution in [2.24, 2.45) is 0 Å². The minimum absolute atomic E-state index is 0.0473. The molecule has 0 spiro atoms. The molecule has 0 radical (unpaired) electrons. The van der Waals surface area contributed by atoms with Crippen LogP contribution >= 0.6 is 0 Å². The number of hydrogen-bond acceptors (Lipinski definition) is 5. The van der Waals surface area contributed by atoms with Gasteiger partial charge in [-0.25, -0.2) is 18.6 Å². The Kier molecular flexibility index (Phi) is 6.27. The van der Waals surface area contributed by atoms with E-state index in [1.165, 1.54) is 6.07 Å². The number of aliphatic hydroxyl groups excluding tert-OH is 1. The van der Waals surface area contributed by atoms with Gasteiger partial charge in [-0.3, -0.25) is 0 Å². The number of oxazole rings is 1. The van der Waals surface area contributed by atoms with Crippen LogP contribution in [0.15, 0.2) is 52.9 Å². The Bertz CT molecular complexity index is 1050. The fourth-order valence-corrected chi connectivity index (χ4v) is 3.66. The molecule has 0 aliphatic carbocycles. The van der Waals surface area contributed by atoms with Gasteiger partial charge in [0.25, 0.3) is 0 Å². The van der Waals surface area contributed by atoms with Gasteiger partial charge in [-0.2, -0.15) is 0 Å². The van der Waals surface area contributed by atoms with E-state index in [1.54, 1.807) is 4.90 Å². The van der Waals surface area contributed by atoms with Crippen molar-refractivity contribution < 1.29 is 27.8 Å². The van der Waals surface area contributed by atoms with Crippen molar-refractivity contribution in [3.05, 3.63) is 77.3 Å². The average Bonchev–Trinajstić information content (AvgIpc) is 3.22. The van der Waals surface area contributed by atoms with Crippen LogP contribution in [0.3, 0.4) is 0 Å². The SMILES string of the molecule is O=C(OCc1ccccc1)N1CCC(c2nc(CO)c(-c3ccc(F)cc3F)o2)CC1. The molecule has 3 aromatic rings. The Morgan fingerprint density at radius 1 is 1.16 bits per heavy atom. The highest BCUT2D eigenvalue weighted by molar-refractivity contribution is 5.67. The fraction of sp³-hybridized carbons (Fsp3) is 0.304. The maximum atomic E-state index is 14.2. The predicted octanol–water partition coefficient (Wildman–Crippen LogP) is 4.63. The molecule has 6 nitrogen and oxygen atoms in total. The summed E-state index contributed by atoms with van der Waals surface area (Å²) in [4.78, 5) is 18.3. The van der Waals surface area contributed by atoms with Gasteiger partial charge in [0.15, 0.2) is 11.7 Å². The number of carbonyl (C=O) groups is 1. The number of nitrogens with zero attached hydrogens (tertiary/aromatic N) is 2. The summed E-state index contributed by atoms with van der Waals surface area (Å²) in [6.07, 6.45) is 0.814. The number of aromatic nitrogens is 1. The highest BCUT2D eigenvalue weighted by atomic mass is 19.1. The molecule has 0 atom stereocenters. The molecule has 1 fully saturated rings. The smallest absolute Gasteiger partial charge is 0.410 e. The summed E-state index contributed by atoms with van der Waals surface area (Å²) in [5, 5.41) is 9.62. The maximum absolute atomic E-state index is 14.2. The minimum atomic E-state index is -0.784. The zero-order chi connectivity index (χ0) is 21.8. The molecule has 0 unspecified atom stereocenters. The first-order valence-corrected chi connectivity index (χ1v) is 10.1. The van der Waals surface area contributed by atoms with Gasteiger partial charge in [-0.05, 0) is 30.5 Å². The van der Waals surface area contributed by atoms with Crippen LogP contribution in [0, 0.1) is 11.6 Å². The molecule has 31 heavy (non-hydrogen) atoms. The van der Waals surface area contributed by atoms with E-state index in [4.69, 9.17) is 9.15 Å². The van der Waals surface area contributed by atoms with Crippen LogP contribution in [0.2, 0.25) is 0 Å². The summed E-state index contributed by atoms with van der Waals surface area (Å²) in [6, 6.07) is 12.6. The molecule has 1 saturated heterocycles. The first-order valence-electron chi connectivity index (χ1n) is 10.1. The van der Waals surface area contributed by atoms with E-state index in [0.29, 0.717) is 31.8 Å². The number of halogens is 2. The van der Waals surface area contributed by atoms with Crippen molar-refractivity contribution in [1.29, 1.82) is 0 Å². The number of ether oxygens (including phenoxy) is 1. The van der Waals surface area contributed by atoms with Crippen LogP contribution in [0.4, 0.5) is 13.6 Å². The molecule has 1 aromatic heterocycles. The molecule has 2 aromatic carbocycles. The number of amides is 1. The molecular formula is C23H22F2N2O4. The average molecular weight is 428 g/mol. The van der Waals surface area contributed by atoms with E-state index >= 15 is 0 Å². The van der Waals surface area contributed by atoms with Gasteiger partial charge in [0.2, 0.25) is 0 Å². The van der Waals surface area contributed by atoms with E-state index in [9.17, 15) is 18.7 Å². The molecule has 162 valence electrons. The minimum Gasteiger partial charge on any atom is -0.445 e. The van der Waals surface area contributed by atoms with Crippen molar-refractivity contribution in [2.75, 3.05) is 13.1 Å². The Morgan fingerprint density at radius 2 is 1.90 bits per heavy atom. The molecular weight excluding hydrogens is 406 g/mol. The molecule has 0 bridgehead atoms. The van der Waals surface area contributed by atoms with Crippen LogP contribution in [0.1, 0.15) is 35.9 Å². The molecule has 4 rings (SSSR count). The van der Waals surface area contributed by atoms with E-state index in [-0.39, 0.29) is 35.6 Å². The number of rotatable bonds is 5. The highest BCUT2D eigenvalue weighted by Gasteiger charge is 2.29. The van der Waals surface area contributed by atoms with E-state index in [0.717, 1.165) is 17.7 Å². The third kappa shape index (κ3) is 4.74. The summed E-state index contributed by atoms with van der Waals surface area (Å²) in [5.41, 5.74) is 1.17. The number of piperidine rings is 1. The van der Waals surface area contributed by atoms with Crippen LogP contribution in [0.5, 0.6) is 0 Å². The van der Waals surface area contributed by atoms with Gasteiger partial charge in [-0.1, -0.05) is 30.3 Å². The lowest BCUT2D eigenvalue weighted by molar-refractivity contribution is 0.0856. The van der Waals surface area contributed by atoms with Crippen LogP contribution in [0.25, 0.3) is 11.3 Å². The molecule has 1 aliphatic rings.